The molecule has 0 bridgehead atoms. The first-order valence-corrected chi connectivity index (χ1v) is 12.8. The van der Waals surface area contributed by atoms with Crippen LogP contribution in [-0.4, -0.2) is 42.1 Å². The summed E-state index contributed by atoms with van der Waals surface area (Å²) in [7, 11) is 0. The van der Waals surface area contributed by atoms with Crippen LogP contribution < -0.4 is 11.1 Å². The number of unbranched alkanes of at least 4 members (excludes halogenated alkanes) is 10. The third kappa shape index (κ3) is 26.6. The minimum Gasteiger partial charge on any atom is -0.481 e. The van der Waals surface area contributed by atoms with Gasteiger partial charge in [-0.25, -0.2) is 4.79 Å². The minimum atomic E-state index is -1.06. The predicted octanol–water partition coefficient (Wildman–Crippen LogP) is 5.35. The van der Waals surface area contributed by atoms with Gasteiger partial charge in [-0.1, -0.05) is 85.0 Å². The van der Waals surface area contributed by atoms with Gasteiger partial charge < -0.3 is 20.9 Å². The smallest absolute Gasteiger partial charge is 0.330 e. The van der Waals surface area contributed by atoms with Gasteiger partial charge in [-0.3, -0.25) is 9.59 Å². The summed E-state index contributed by atoms with van der Waals surface area (Å²) in [4.78, 5) is 33.3. The fourth-order valence-electron chi connectivity index (χ4n) is 2.94. The Kier molecular flexibility index (Phi) is 26.4. The molecule has 190 valence electrons. The molecule has 0 saturated carbocycles. The lowest BCUT2D eigenvalue weighted by Gasteiger charge is -2.09. The largest absolute Gasteiger partial charge is 0.481 e. The van der Waals surface area contributed by atoms with E-state index in [1.165, 1.54) is 77.3 Å². The molecule has 0 radical (unpaired) electrons. The van der Waals surface area contributed by atoms with Gasteiger partial charge in [-0.15, -0.1) is 0 Å². The van der Waals surface area contributed by atoms with E-state index in [0.29, 0.717) is 6.42 Å². The van der Waals surface area contributed by atoms with Crippen molar-refractivity contribution in [3.63, 3.8) is 0 Å². The molecule has 0 aromatic heterocycles. The Balaban J connectivity index is 0. The Morgan fingerprint density at radius 3 is 1.69 bits per heavy atom. The van der Waals surface area contributed by atoms with Gasteiger partial charge in [0.1, 0.15) is 6.04 Å². The van der Waals surface area contributed by atoms with Gasteiger partial charge in [0.15, 0.2) is 0 Å². The van der Waals surface area contributed by atoms with E-state index >= 15 is 0 Å². The van der Waals surface area contributed by atoms with E-state index < -0.39 is 23.9 Å². The van der Waals surface area contributed by atoms with E-state index in [4.69, 9.17) is 10.8 Å². The molecule has 0 heterocycles. The lowest BCUT2D eigenvalue weighted by Crippen LogP contribution is -2.34. The molecule has 0 rings (SSSR count). The van der Waals surface area contributed by atoms with Crippen molar-refractivity contribution < 1.29 is 24.2 Å². The van der Waals surface area contributed by atoms with E-state index in [1.54, 1.807) is 0 Å². The van der Waals surface area contributed by atoms with Crippen LogP contribution in [0.15, 0.2) is 0 Å². The van der Waals surface area contributed by atoms with Crippen molar-refractivity contribution in [2.45, 2.75) is 130 Å². The monoisotopic (exact) mass is 458 g/mol. The summed E-state index contributed by atoms with van der Waals surface area (Å²) >= 11 is 0. The maximum absolute atomic E-state index is 11.5. The summed E-state index contributed by atoms with van der Waals surface area (Å²) < 4.78 is 4.62. The maximum atomic E-state index is 11.5. The highest BCUT2D eigenvalue weighted by Gasteiger charge is 2.19. The van der Waals surface area contributed by atoms with Crippen LogP contribution in [0.5, 0.6) is 0 Å². The number of nitrogens with two attached hydrogens (primary N) is 1. The van der Waals surface area contributed by atoms with Crippen LogP contribution in [0.2, 0.25) is 0 Å². The molecule has 0 saturated heterocycles. The highest BCUT2D eigenvalue weighted by atomic mass is 16.6. The number of carboxylic acids is 1. The Labute approximate surface area is 196 Å². The zero-order valence-electron chi connectivity index (χ0n) is 21.0. The number of hydrogen-bond donors (Lipinski definition) is 3. The molecule has 32 heavy (non-hydrogen) atoms. The van der Waals surface area contributed by atoms with E-state index in [1.807, 2.05) is 0 Å². The van der Waals surface area contributed by atoms with Crippen LogP contribution in [0, 0.1) is 0 Å². The standard InChI is InChI=1S/C17H31NO5.C8H19N/c1-2-3-4-5-6-7-8-9-10-11-16(21)23-17(22)14(18)12-13-15(19)20;1-3-5-7-9-8-6-4-2/h14H,2-13,18H2,1H3,(H,19,20);9H,3-8H2,1-2H3. The van der Waals surface area contributed by atoms with Crippen LogP contribution in [0.1, 0.15) is 124 Å². The average molecular weight is 459 g/mol. The van der Waals surface area contributed by atoms with Crippen molar-refractivity contribution in [1.82, 2.24) is 5.32 Å². The molecule has 0 aromatic rings. The number of ether oxygens (including phenoxy) is 1. The normalized spacial score (nSPS) is 11.4. The van der Waals surface area contributed by atoms with Crippen LogP contribution in [0.25, 0.3) is 0 Å². The van der Waals surface area contributed by atoms with Gasteiger partial charge in [-0.05, 0) is 38.8 Å². The highest BCUT2D eigenvalue weighted by molar-refractivity contribution is 5.88. The molecule has 4 N–H and O–H groups in total. The summed E-state index contributed by atoms with van der Waals surface area (Å²) in [5.74, 6) is -2.45. The van der Waals surface area contributed by atoms with Crippen LogP contribution in [0.3, 0.4) is 0 Å². The minimum absolute atomic E-state index is 0.0283. The van der Waals surface area contributed by atoms with Crippen molar-refractivity contribution in [3.8, 4) is 0 Å². The Hall–Kier alpha value is -1.47. The molecule has 0 aliphatic carbocycles. The van der Waals surface area contributed by atoms with E-state index in [9.17, 15) is 14.4 Å². The van der Waals surface area contributed by atoms with Gasteiger partial charge in [0.05, 0.1) is 0 Å². The summed E-state index contributed by atoms with van der Waals surface area (Å²) in [5, 5.41) is 11.9. The quantitative estimate of drug-likeness (QED) is 0.128. The zero-order chi connectivity index (χ0) is 24.5. The number of nitrogens with one attached hydrogen (secondary N) is 1. The Morgan fingerprint density at radius 2 is 1.22 bits per heavy atom. The van der Waals surface area contributed by atoms with Crippen molar-refractivity contribution in [1.29, 1.82) is 0 Å². The zero-order valence-corrected chi connectivity index (χ0v) is 21.0. The molecule has 0 aliphatic heterocycles. The first kappa shape index (κ1) is 32.7. The number of carboxylic acid groups (broad SMARTS) is 1. The fourth-order valence-corrected chi connectivity index (χ4v) is 2.94. The number of aliphatic carboxylic acids is 1. The van der Waals surface area contributed by atoms with Crippen LogP contribution in [0.4, 0.5) is 0 Å². The van der Waals surface area contributed by atoms with Crippen molar-refractivity contribution >= 4 is 17.9 Å². The molecule has 0 aromatic carbocycles. The van der Waals surface area contributed by atoms with E-state index in [0.717, 1.165) is 12.8 Å². The fraction of sp³-hybridized carbons (Fsp3) is 0.880. The summed E-state index contributed by atoms with van der Waals surface area (Å²) in [6.07, 6.45) is 15.5. The molecule has 0 fully saturated rings. The first-order chi connectivity index (χ1) is 15.4. The molecule has 1 unspecified atom stereocenters. The number of esters is 2. The van der Waals surface area contributed by atoms with Crippen LogP contribution in [-0.2, 0) is 19.1 Å². The van der Waals surface area contributed by atoms with Crippen molar-refractivity contribution in [2.24, 2.45) is 5.73 Å². The molecule has 1 atom stereocenters. The molecule has 0 amide bonds. The lowest BCUT2D eigenvalue weighted by atomic mass is 10.1. The number of rotatable bonds is 20. The summed E-state index contributed by atoms with van der Waals surface area (Å²) in [6.45, 7) is 9.05. The predicted molar refractivity (Wildman–Crippen MR) is 130 cm³/mol. The SMILES string of the molecule is CCCCCCCCCCCC(=O)OC(=O)C(N)CCC(=O)O.CCCCNCCCC. The van der Waals surface area contributed by atoms with E-state index in [-0.39, 0.29) is 19.3 Å². The van der Waals surface area contributed by atoms with E-state index in [2.05, 4.69) is 30.8 Å². The molecule has 7 nitrogen and oxygen atoms in total. The van der Waals surface area contributed by atoms with Crippen molar-refractivity contribution in [2.75, 3.05) is 13.1 Å². The first-order valence-electron chi connectivity index (χ1n) is 12.8. The van der Waals surface area contributed by atoms with Crippen molar-refractivity contribution in [3.05, 3.63) is 0 Å². The maximum Gasteiger partial charge on any atom is 0.330 e. The second-order valence-electron chi connectivity index (χ2n) is 8.37. The lowest BCUT2D eigenvalue weighted by molar-refractivity contribution is -0.160. The molecule has 0 aliphatic rings. The number of carbonyl (C=O) groups is 3. The third-order valence-corrected chi connectivity index (χ3v) is 5.09. The Bertz CT molecular complexity index is 452. The molecular formula is C25H50N2O5. The topological polar surface area (TPSA) is 119 Å². The number of hydrogen-bond acceptors (Lipinski definition) is 6. The average Bonchev–Trinajstić information content (AvgIpc) is 2.76. The summed E-state index contributed by atoms with van der Waals surface area (Å²) in [5.41, 5.74) is 5.47. The van der Waals surface area contributed by atoms with Gasteiger partial charge in [0.2, 0.25) is 0 Å². The molecule has 0 spiro atoms. The second-order valence-corrected chi connectivity index (χ2v) is 8.37. The van der Waals surface area contributed by atoms with Gasteiger partial charge in [-0.2, -0.15) is 0 Å². The van der Waals surface area contributed by atoms with Crippen LogP contribution >= 0.6 is 0 Å². The molecule has 7 heteroatoms. The van der Waals surface area contributed by atoms with Gasteiger partial charge >= 0.3 is 17.9 Å². The summed E-state index contributed by atoms with van der Waals surface area (Å²) in [6, 6.07) is -1.06. The highest BCUT2D eigenvalue weighted by Crippen LogP contribution is 2.11. The Morgan fingerprint density at radius 1 is 0.750 bits per heavy atom. The van der Waals surface area contributed by atoms with Gasteiger partial charge in [0, 0.05) is 12.8 Å². The third-order valence-electron chi connectivity index (χ3n) is 5.09. The second kappa shape index (κ2) is 25.8. The molecular weight excluding hydrogens is 408 g/mol. The van der Waals surface area contributed by atoms with Gasteiger partial charge in [0.25, 0.3) is 0 Å². The number of carbonyl (C=O) groups excluding carboxylic acids is 2.